The van der Waals surface area contributed by atoms with Gasteiger partial charge in [-0.3, -0.25) is 0 Å². The van der Waals surface area contributed by atoms with Crippen molar-refractivity contribution in [3.05, 3.63) is 35.4 Å². The molecule has 0 aliphatic heterocycles. The smallest absolute Gasteiger partial charge is 0.105 e. The molecule has 17 heavy (non-hydrogen) atoms. The van der Waals surface area contributed by atoms with Crippen LogP contribution in [-0.4, -0.2) is 27.4 Å². The minimum absolute atomic E-state index is 0.00465. The molecule has 2 unspecified atom stereocenters. The van der Waals surface area contributed by atoms with Crippen LogP contribution in [0.4, 0.5) is 0 Å². The summed E-state index contributed by atoms with van der Waals surface area (Å²) >= 11 is 0. The number of methoxy groups -OCH3 is 2. The molecule has 0 aromatic heterocycles. The predicted octanol–water partition coefficient (Wildman–Crippen LogP) is 2.47. The first kappa shape index (κ1) is 14.2. The molecule has 0 radical (unpaired) electrons. The molecule has 0 bridgehead atoms. The third kappa shape index (κ3) is 4.11. The van der Waals surface area contributed by atoms with E-state index in [1.54, 1.807) is 14.2 Å². The first-order valence-electron chi connectivity index (χ1n) is 6.04. The highest BCUT2D eigenvalue weighted by molar-refractivity contribution is 5.27. The third-order valence-corrected chi connectivity index (χ3v) is 3.05. The van der Waals surface area contributed by atoms with Crippen LogP contribution in [0.3, 0.4) is 0 Å². The average Bonchev–Trinajstić information content (AvgIpc) is 2.36. The molecule has 0 saturated heterocycles. The first-order valence-corrected chi connectivity index (χ1v) is 6.04. The molecule has 96 valence electrons. The second-order valence-corrected chi connectivity index (χ2v) is 4.33. The molecular formula is C14H23NO2. The van der Waals surface area contributed by atoms with E-state index in [0.29, 0.717) is 12.5 Å². The van der Waals surface area contributed by atoms with Crippen LogP contribution in [-0.2, 0) is 9.47 Å². The van der Waals surface area contributed by atoms with Gasteiger partial charge >= 0.3 is 0 Å². The van der Waals surface area contributed by atoms with Gasteiger partial charge in [0.05, 0.1) is 6.61 Å². The van der Waals surface area contributed by atoms with Gasteiger partial charge in [0.25, 0.3) is 0 Å². The van der Waals surface area contributed by atoms with Gasteiger partial charge < -0.3 is 15.2 Å². The number of benzene rings is 1. The van der Waals surface area contributed by atoms with Gasteiger partial charge in [0.2, 0.25) is 0 Å². The molecule has 0 spiro atoms. The number of ether oxygens (including phenoxy) is 2. The van der Waals surface area contributed by atoms with E-state index in [9.17, 15) is 0 Å². The monoisotopic (exact) mass is 237 g/mol. The van der Waals surface area contributed by atoms with Crippen molar-refractivity contribution in [2.45, 2.75) is 25.4 Å². The number of hydrogen-bond donors (Lipinski definition) is 1. The average molecular weight is 237 g/mol. The molecule has 3 heteroatoms. The Morgan fingerprint density at radius 3 is 2.53 bits per heavy atom. The van der Waals surface area contributed by atoms with Crippen molar-refractivity contribution in [3.8, 4) is 0 Å². The van der Waals surface area contributed by atoms with E-state index in [1.807, 2.05) is 0 Å². The van der Waals surface area contributed by atoms with Crippen molar-refractivity contribution in [2.24, 2.45) is 5.73 Å². The molecule has 2 atom stereocenters. The lowest BCUT2D eigenvalue weighted by molar-refractivity contribution is 0.0274. The van der Waals surface area contributed by atoms with Gasteiger partial charge in [0.1, 0.15) is 6.10 Å². The summed E-state index contributed by atoms with van der Waals surface area (Å²) in [7, 11) is 3.40. The van der Waals surface area contributed by atoms with E-state index in [4.69, 9.17) is 15.2 Å². The fourth-order valence-electron chi connectivity index (χ4n) is 1.93. The molecule has 1 aromatic rings. The summed E-state index contributed by atoms with van der Waals surface area (Å²) in [4.78, 5) is 0. The Morgan fingerprint density at radius 2 is 1.94 bits per heavy atom. The Bertz CT molecular complexity index is 328. The molecule has 2 N–H and O–H groups in total. The zero-order valence-electron chi connectivity index (χ0n) is 11.0. The molecule has 0 heterocycles. The van der Waals surface area contributed by atoms with Crippen LogP contribution in [0.15, 0.2) is 24.3 Å². The number of hydrogen-bond acceptors (Lipinski definition) is 3. The summed E-state index contributed by atoms with van der Waals surface area (Å²) < 4.78 is 10.6. The quantitative estimate of drug-likeness (QED) is 0.792. The normalized spacial score (nSPS) is 14.6. The van der Waals surface area contributed by atoms with Crippen molar-refractivity contribution in [1.82, 2.24) is 0 Å². The first-order chi connectivity index (χ1) is 8.22. The lowest BCUT2D eigenvalue weighted by Gasteiger charge is -2.17. The van der Waals surface area contributed by atoms with Crippen LogP contribution in [0, 0.1) is 0 Å². The number of nitrogens with two attached hydrogens (primary N) is 1. The summed E-state index contributed by atoms with van der Waals surface area (Å²) in [5, 5.41) is 0. The Labute approximate surface area is 104 Å². The highest BCUT2D eigenvalue weighted by Crippen LogP contribution is 2.24. The molecule has 0 amide bonds. The van der Waals surface area contributed by atoms with E-state index >= 15 is 0 Å². The Hall–Kier alpha value is -0.900. The molecular weight excluding hydrogens is 214 g/mol. The predicted molar refractivity (Wildman–Crippen MR) is 70.2 cm³/mol. The van der Waals surface area contributed by atoms with Crippen molar-refractivity contribution < 1.29 is 9.47 Å². The summed E-state index contributed by atoms with van der Waals surface area (Å²) in [6.45, 7) is 3.49. The van der Waals surface area contributed by atoms with Crippen molar-refractivity contribution >= 4 is 0 Å². The van der Waals surface area contributed by atoms with Gasteiger partial charge in [-0.2, -0.15) is 0 Å². The van der Waals surface area contributed by atoms with Gasteiger partial charge in [0.15, 0.2) is 0 Å². The second-order valence-electron chi connectivity index (χ2n) is 4.33. The van der Waals surface area contributed by atoms with Crippen molar-refractivity contribution in [3.63, 3.8) is 0 Å². The Kier molecular flexibility index (Phi) is 6.19. The standard InChI is InChI=1S/C14H23NO2/c1-11(7-8-15)12-5-4-6-13(9-12)14(17-3)10-16-2/h4-6,9,11,14H,7-8,10,15H2,1-3H3. The lowest BCUT2D eigenvalue weighted by Crippen LogP contribution is -2.10. The van der Waals surface area contributed by atoms with Crippen LogP contribution >= 0.6 is 0 Å². The van der Waals surface area contributed by atoms with Crippen LogP contribution in [0.5, 0.6) is 0 Å². The van der Waals surface area contributed by atoms with Crippen LogP contribution in [0.2, 0.25) is 0 Å². The van der Waals surface area contributed by atoms with E-state index in [2.05, 4.69) is 31.2 Å². The van der Waals surface area contributed by atoms with Crippen LogP contribution in [0.1, 0.15) is 36.5 Å². The molecule has 0 aliphatic carbocycles. The molecule has 1 rings (SSSR count). The van der Waals surface area contributed by atoms with E-state index in [-0.39, 0.29) is 6.10 Å². The van der Waals surface area contributed by atoms with Crippen LogP contribution in [0.25, 0.3) is 0 Å². The summed E-state index contributed by atoms with van der Waals surface area (Å²) in [5.74, 6) is 0.486. The molecule has 1 aromatic carbocycles. The maximum Gasteiger partial charge on any atom is 0.105 e. The SMILES string of the molecule is COCC(OC)c1cccc(C(C)CCN)c1. The fraction of sp³-hybridized carbons (Fsp3) is 0.571. The van der Waals surface area contributed by atoms with Crippen molar-refractivity contribution in [1.29, 1.82) is 0 Å². The molecule has 3 nitrogen and oxygen atoms in total. The van der Waals surface area contributed by atoms with Gasteiger partial charge in [0, 0.05) is 14.2 Å². The fourth-order valence-corrected chi connectivity index (χ4v) is 1.93. The van der Waals surface area contributed by atoms with Gasteiger partial charge in [-0.1, -0.05) is 31.2 Å². The zero-order chi connectivity index (χ0) is 12.7. The summed E-state index contributed by atoms with van der Waals surface area (Å²) in [5.41, 5.74) is 8.07. The molecule has 0 aliphatic rings. The van der Waals surface area contributed by atoms with Gasteiger partial charge in [-0.15, -0.1) is 0 Å². The van der Waals surface area contributed by atoms with Crippen molar-refractivity contribution in [2.75, 3.05) is 27.4 Å². The van der Waals surface area contributed by atoms with E-state index < -0.39 is 0 Å². The third-order valence-electron chi connectivity index (χ3n) is 3.05. The van der Waals surface area contributed by atoms with E-state index in [0.717, 1.165) is 18.5 Å². The Balaban J connectivity index is 2.83. The highest BCUT2D eigenvalue weighted by Gasteiger charge is 2.12. The highest BCUT2D eigenvalue weighted by atomic mass is 16.5. The topological polar surface area (TPSA) is 44.5 Å². The molecule has 0 fully saturated rings. The largest absolute Gasteiger partial charge is 0.382 e. The maximum absolute atomic E-state index is 5.59. The second kappa shape index (κ2) is 7.43. The van der Waals surface area contributed by atoms with Gasteiger partial charge in [-0.05, 0) is 30.0 Å². The zero-order valence-corrected chi connectivity index (χ0v) is 11.0. The maximum atomic E-state index is 5.59. The lowest BCUT2D eigenvalue weighted by atomic mass is 9.95. The van der Waals surface area contributed by atoms with Crippen LogP contribution < -0.4 is 5.73 Å². The van der Waals surface area contributed by atoms with E-state index in [1.165, 1.54) is 5.56 Å². The minimum atomic E-state index is 0.00465. The minimum Gasteiger partial charge on any atom is -0.382 e. The summed E-state index contributed by atoms with van der Waals surface area (Å²) in [6, 6.07) is 8.47. The Morgan fingerprint density at radius 1 is 1.24 bits per heavy atom. The number of rotatable bonds is 7. The summed E-state index contributed by atoms with van der Waals surface area (Å²) in [6.07, 6.45) is 1.01. The van der Waals surface area contributed by atoms with Gasteiger partial charge in [-0.25, -0.2) is 0 Å². The molecule has 0 saturated carbocycles.